The average Bonchev–Trinajstić information content (AvgIpc) is 1.54. The minimum atomic E-state index is -1.58. The van der Waals surface area contributed by atoms with Crippen LogP contribution in [0, 0.1) is 35.6 Å². The number of nitrogens with two attached hydrogens (primary N) is 3. The normalized spacial score (nSPS) is 5.54. The SMILES string of the molecule is NC(=O)[O-].NC(=O)[O-].NC(=O)[O-].[La+3]. The van der Waals surface area contributed by atoms with Crippen LogP contribution in [0.5, 0.6) is 0 Å². The Hall–Kier alpha value is -0.995. The Bertz CT molecular complexity index is 121. The second-order valence-corrected chi connectivity index (χ2v) is 0.957. The second-order valence-electron chi connectivity index (χ2n) is 0.957. The molecule has 0 saturated carbocycles. The Morgan fingerprint density at radius 3 is 0.692 bits per heavy atom. The molecule has 0 rings (SSSR count). The Labute approximate surface area is 100 Å². The van der Waals surface area contributed by atoms with Gasteiger partial charge in [0.1, 0.15) is 18.3 Å². The monoisotopic (exact) mass is 319 g/mol. The van der Waals surface area contributed by atoms with Gasteiger partial charge in [-0.1, -0.05) is 0 Å². The number of hydrogen-bond acceptors (Lipinski definition) is 6. The van der Waals surface area contributed by atoms with Crippen molar-refractivity contribution in [2.24, 2.45) is 17.2 Å². The fourth-order valence-electron chi connectivity index (χ4n) is 0. The molecule has 0 saturated heterocycles. The van der Waals surface area contributed by atoms with Crippen molar-refractivity contribution in [3.63, 3.8) is 0 Å². The summed E-state index contributed by atoms with van der Waals surface area (Å²) in [5.74, 6) is 0. The van der Waals surface area contributed by atoms with E-state index in [0.717, 1.165) is 0 Å². The van der Waals surface area contributed by atoms with Crippen molar-refractivity contribution >= 4 is 18.3 Å². The summed E-state index contributed by atoms with van der Waals surface area (Å²) >= 11 is 0. The van der Waals surface area contributed by atoms with Crippen LogP contribution in [-0.2, 0) is 0 Å². The van der Waals surface area contributed by atoms with Crippen molar-refractivity contribution < 1.29 is 65.3 Å². The van der Waals surface area contributed by atoms with E-state index in [-0.39, 0.29) is 35.6 Å². The van der Waals surface area contributed by atoms with Crippen LogP contribution in [0.4, 0.5) is 14.4 Å². The average molecular weight is 319 g/mol. The van der Waals surface area contributed by atoms with Crippen LogP contribution in [0.25, 0.3) is 0 Å². The van der Waals surface area contributed by atoms with Crippen LogP contribution in [-0.4, -0.2) is 18.3 Å². The molecule has 0 bridgehead atoms. The first-order valence-electron chi connectivity index (χ1n) is 2.09. The molecule has 0 aliphatic heterocycles. The van der Waals surface area contributed by atoms with Gasteiger partial charge in [0.2, 0.25) is 0 Å². The smallest absolute Gasteiger partial charge is 0.530 e. The molecule has 3 amide bonds. The number of carbonyl (C=O) groups excluding carboxylic acids is 3. The molecule has 0 aliphatic carbocycles. The molecule has 0 radical (unpaired) electrons. The summed E-state index contributed by atoms with van der Waals surface area (Å²) in [5.41, 5.74) is 11.8. The summed E-state index contributed by atoms with van der Waals surface area (Å²) < 4.78 is 0. The first-order chi connectivity index (χ1) is 5.20. The van der Waals surface area contributed by atoms with E-state index in [1.54, 1.807) is 0 Å². The van der Waals surface area contributed by atoms with Crippen molar-refractivity contribution in [1.82, 2.24) is 0 Å². The van der Waals surface area contributed by atoms with Crippen LogP contribution in [0.1, 0.15) is 0 Å². The molecule has 0 spiro atoms. The topological polar surface area (TPSA) is 198 Å². The van der Waals surface area contributed by atoms with E-state index in [2.05, 4.69) is 17.2 Å². The van der Waals surface area contributed by atoms with Crippen molar-refractivity contribution in [1.29, 1.82) is 0 Å². The van der Waals surface area contributed by atoms with Gasteiger partial charge in [0, 0.05) is 0 Å². The van der Waals surface area contributed by atoms with Gasteiger partial charge in [0.15, 0.2) is 0 Å². The maximum absolute atomic E-state index is 8.67. The fraction of sp³-hybridized carbons (Fsp3) is 0. The van der Waals surface area contributed by atoms with Gasteiger partial charge < -0.3 is 46.9 Å². The van der Waals surface area contributed by atoms with Crippen molar-refractivity contribution in [3.8, 4) is 0 Å². The van der Waals surface area contributed by atoms with Crippen molar-refractivity contribution in [2.75, 3.05) is 0 Å². The third kappa shape index (κ3) is 901. The molecule has 0 fully saturated rings. The maximum Gasteiger partial charge on any atom is 3.00 e. The fourth-order valence-corrected chi connectivity index (χ4v) is 0. The van der Waals surface area contributed by atoms with Gasteiger partial charge in [-0.3, -0.25) is 0 Å². The van der Waals surface area contributed by atoms with Crippen LogP contribution in [0.2, 0.25) is 0 Å². The molecule has 6 N–H and O–H groups in total. The van der Waals surface area contributed by atoms with E-state index in [9.17, 15) is 0 Å². The largest absolute Gasteiger partial charge is 3.00 e. The zero-order chi connectivity index (χ0) is 10.7. The summed E-state index contributed by atoms with van der Waals surface area (Å²) in [6.07, 6.45) is -4.75. The van der Waals surface area contributed by atoms with E-state index < -0.39 is 18.3 Å². The van der Waals surface area contributed by atoms with E-state index in [1.165, 1.54) is 0 Å². The summed E-state index contributed by atoms with van der Waals surface area (Å²) in [6, 6.07) is 0. The standard InChI is InChI=1S/3CH3NO2.La/c3*2-1(3)4;/h3*2H2,(H,3,4);/q;;;+3/p-3. The van der Waals surface area contributed by atoms with E-state index >= 15 is 0 Å². The number of rotatable bonds is 0. The first kappa shape index (κ1) is 22.7. The van der Waals surface area contributed by atoms with Crippen molar-refractivity contribution in [2.45, 2.75) is 0 Å². The van der Waals surface area contributed by atoms with E-state index in [4.69, 9.17) is 29.7 Å². The molecular weight excluding hydrogens is 313 g/mol. The Balaban J connectivity index is -0.0000000450. The summed E-state index contributed by atoms with van der Waals surface area (Å²) in [4.78, 5) is 26.0. The minimum absolute atomic E-state index is 0. The molecule has 0 unspecified atom stereocenters. The van der Waals surface area contributed by atoms with Gasteiger partial charge in [-0.15, -0.1) is 0 Å². The molecule has 9 nitrogen and oxygen atoms in total. The Morgan fingerprint density at radius 2 is 0.692 bits per heavy atom. The maximum atomic E-state index is 8.67. The second kappa shape index (κ2) is 17.2. The molecule has 0 aromatic carbocycles. The molecular formula is C3H6LaN3O6. The molecule has 0 atom stereocenters. The van der Waals surface area contributed by atoms with Gasteiger partial charge in [0.25, 0.3) is 0 Å². The Morgan fingerprint density at radius 1 is 0.692 bits per heavy atom. The van der Waals surface area contributed by atoms with Crippen LogP contribution in [0.3, 0.4) is 0 Å². The first-order valence-corrected chi connectivity index (χ1v) is 2.09. The summed E-state index contributed by atoms with van der Waals surface area (Å²) in [7, 11) is 0. The molecule has 0 aromatic rings. The summed E-state index contributed by atoms with van der Waals surface area (Å²) in [5, 5.41) is 26.0. The number of carboxylic acid groups (broad SMARTS) is 3. The molecule has 0 aliphatic rings. The predicted molar refractivity (Wildman–Crippen MR) is 28.8 cm³/mol. The van der Waals surface area contributed by atoms with Gasteiger partial charge in [0.05, 0.1) is 0 Å². The summed E-state index contributed by atoms with van der Waals surface area (Å²) in [6.45, 7) is 0. The van der Waals surface area contributed by atoms with Crippen LogP contribution < -0.4 is 32.5 Å². The third-order valence-corrected chi connectivity index (χ3v) is 0. The van der Waals surface area contributed by atoms with Crippen LogP contribution >= 0.6 is 0 Å². The number of carbonyl (C=O) groups is 3. The van der Waals surface area contributed by atoms with Gasteiger partial charge >= 0.3 is 35.6 Å². The molecule has 72 valence electrons. The van der Waals surface area contributed by atoms with Crippen molar-refractivity contribution in [3.05, 3.63) is 0 Å². The third-order valence-electron chi connectivity index (χ3n) is 0. The predicted octanol–water partition coefficient (Wildman–Crippen LogP) is -5.13. The quantitative estimate of drug-likeness (QED) is 0.398. The number of primary amides is 3. The molecule has 0 heterocycles. The number of hydrogen-bond donors (Lipinski definition) is 3. The van der Waals surface area contributed by atoms with Gasteiger partial charge in [-0.2, -0.15) is 0 Å². The van der Waals surface area contributed by atoms with E-state index in [0.29, 0.717) is 0 Å². The molecule has 13 heavy (non-hydrogen) atoms. The van der Waals surface area contributed by atoms with Crippen LogP contribution in [0.15, 0.2) is 0 Å². The zero-order valence-electron chi connectivity index (χ0n) is 6.26. The zero-order valence-corrected chi connectivity index (χ0v) is 9.88. The van der Waals surface area contributed by atoms with E-state index in [1.807, 2.05) is 0 Å². The van der Waals surface area contributed by atoms with Gasteiger partial charge in [-0.05, 0) is 0 Å². The molecule has 10 heteroatoms. The minimum Gasteiger partial charge on any atom is -0.530 e. The molecule has 0 aromatic heterocycles. The van der Waals surface area contributed by atoms with Gasteiger partial charge in [-0.25, -0.2) is 0 Å². The number of amides is 3. The Kier molecular flexibility index (Phi) is 30.0.